The van der Waals surface area contributed by atoms with Crippen molar-refractivity contribution in [3.8, 4) is 0 Å². The summed E-state index contributed by atoms with van der Waals surface area (Å²) in [4.78, 5) is 14.0. The fourth-order valence-corrected chi connectivity index (χ4v) is 1.77. The molecule has 3 rings (SSSR count). The highest BCUT2D eigenvalue weighted by molar-refractivity contribution is 5.78. The second kappa shape index (κ2) is 3.36. The van der Waals surface area contributed by atoms with Gasteiger partial charge in [0.25, 0.3) is 5.56 Å². The van der Waals surface area contributed by atoms with E-state index in [9.17, 15) is 9.18 Å². The van der Waals surface area contributed by atoms with E-state index in [1.807, 2.05) is 0 Å². The first-order chi connectivity index (χ1) is 8.22. The minimum atomic E-state index is -0.653. The van der Waals surface area contributed by atoms with E-state index in [0.717, 1.165) is 0 Å². The molecular formula is C10H7FN4O2. The number of aliphatic hydroxyl groups is 1. The zero-order chi connectivity index (χ0) is 12.0. The molecule has 17 heavy (non-hydrogen) atoms. The average Bonchev–Trinajstić information content (AvgIpc) is 2.81. The highest BCUT2D eigenvalue weighted by Crippen LogP contribution is 2.18. The van der Waals surface area contributed by atoms with Crippen LogP contribution in [0.15, 0.2) is 23.1 Å². The van der Waals surface area contributed by atoms with Crippen LogP contribution in [0.1, 0.15) is 5.56 Å². The molecule has 2 heterocycles. The lowest BCUT2D eigenvalue weighted by Crippen LogP contribution is -2.12. The Morgan fingerprint density at radius 3 is 3.00 bits per heavy atom. The van der Waals surface area contributed by atoms with Crippen LogP contribution in [0.4, 0.5) is 4.39 Å². The summed E-state index contributed by atoms with van der Waals surface area (Å²) in [6.45, 7) is -0.431. The third-order valence-electron chi connectivity index (χ3n) is 2.62. The van der Waals surface area contributed by atoms with Gasteiger partial charge in [-0.1, -0.05) is 11.3 Å². The molecule has 0 radical (unpaired) electrons. The molecule has 0 atom stereocenters. The first-order valence-electron chi connectivity index (χ1n) is 4.87. The predicted octanol–water partition coefficient (Wildman–Crippen LogP) is 0.202. The third kappa shape index (κ3) is 1.26. The van der Waals surface area contributed by atoms with Gasteiger partial charge in [0.15, 0.2) is 11.3 Å². The van der Waals surface area contributed by atoms with Crippen molar-refractivity contribution in [2.24, 2.45) is 0 Å². The van der Waals surface area contributed by atoms with E-state index in [2.05, 4.69) is 15.3 Å². The monoisotopic (exact) mass is 234 g/mol. The molecule has 0 amide bonds. The first-order valence-corrected chi connectivity index (χ1v) is 4.87. The van der Waals surface area contributed by atoms with Gasteiger partial charge < -0.3 is 10.1 Å². The molecule has 2 N–H and O–H groups in total. The van der Waals surface area contributed by atoms with Gasteiger partial charge in [-0.25, -0.2) is 8.91 Å². The van der Waals surface area contributed by atoms with E-state index in [4.69, 9.17) is 5.11 Å². The molecule has 0 aliphatic carbocycles. The van der Waals surface area contributed by atoms with Crippen molar-refractivity contribution in [1.82, 2.24) is 19.8 Å². The lowest BCUT2D eigenvalue weighted by Gasteiger charge is -2.04. The van der Waals surface area contributed by atoms with Crippen molar-refractivity contribution in [2.45, 2.75) is 6.61 Å². The summed E-state index contributed by atoms with van der Waals surface area (Å²) in [7, 11) is 0. The van der Waals surface area contributed by atoms with E-state index < -0.39 is 18.0 Å². The lowest BCUT2D eigenvalue weighted by atomic mass is 10.2. The lowest BCUT2D eigenvalue weighted by molar-refractivity contribution is 0.276. The maximum Gasteiger partial charge on any atom is 0.276 e. The summed E-state index contributed by atoms with van der Waals surface area (Å²) in [6.07, 6.45) is 1.30. The number of aromatic amines is 1. The van der Waals surface area contributed by atoms with Crippen molar-refractivity contribution in [3.63, 3.8) is 0 Å². The van der Waals surface area contributed by atoms with E-state index in [0.29, 0.717) is 5.52 Å². The number of hydrogen-bond acceptors (Lipinski definition) is 4. The summed E-state index contributed by atoms with van der Waals surface area (Å²) >= 11 is 0. The van der Waals surface area contributed by atoms with Crippen LogP contribution in [-0.2, 0) is 6.61 Å². The van der Waals surface area contributed by atoms with E-state index in [1.165, 1.54) is 16.8 Å². The van der Waals surface area contributed by atoms with E-state index >= 15 is 0 Å². The molecule has 0 bridgehead atoms. The van der Waals surface area contributed by atoms with Crippen molar-refractivity contribution < 1.29 is 9.50 Å². The van der Waals surface area contributed by atoms with Crippen molar-refractivity contribution >= 4 is 16.6 Å². The maximum absolute atomic E-state index is 13.9. The van der Waals surface area contributed by atoms with Crippen LogP contribution >= 0.6 is 0 Å². The van der Waals surface area contributed by atoms with Gasteiger partial charge in [0, 0.05) is 5.56 Å². The fraction of sp³-hybridized carbons (Fsp3) is 0.100. The number of rotatable bonds is 1. The normalized spacial score (nSPS) is 11.4. The molecule has 0 unspecified atom stereocenters. The largest absolute Gasteiger partial charge is 0.392 e. The molecule has 2 aromatic heterocycles. The number of nitrogens with zero attached hydrogens (tertiary/aromatic N) is 3. The molecule has 7 heteroatoms. The SMILES string of the molecule is O=c1[nH]c2c(F)c(CO)ccc2n2nncc12. The second-order valence-electron chi connectivity index (χ2n) is 3.58. The Morgan fingerprint density at radius 2 is 2.24 bits per heavy atom. The van der Waals surface area contributed by atoms with Crippen LogP contribution in [0.2, 0.25) is 0 Å². The Hall–Kier alpha value is -2.28. The van der Waals surface area contributed by atoms with Crippen LogP contribution in [0.3, 0.4) is 0 Å². The molecule has 0 spiro atoms. The molecule has 0 fully saturated rings. The first kappa shape index (κ1) is 9.91. The summed E-state index contributed by atoms with van der Waals surface area (Å²) < 4.78 is 15.2. The van der Waals surface area contributed by atoms with E-state index in [1.54, 1.807) is 6.07 Å². The smallest absolute Gasteiger partial charge is 0.276 e. The molecule has 0 aliphatic rings. The van der Waals surface area contributed by atoms with Gasteiger partial charge in [-0.15, -0.1) is 5.10 Å². The zero-order valence-corrected chi connectivity index (χ0v) is 8.51. The summed E-state index contributed by atoms with van der Waals surface area (Å²) in [5, 5.41) is 16.3. The topological polar surface area (TPSA) is 83.3 Å². The number of hydrogen-bond donors (Lipinski definition) is 2. The molecule has 0 aliphatic heterocycles. The molecule has 6 nitrogen and oxygen atoms in total. The van der Waals surface area contributed by atoms with Gasteiger partial charge >= 0.3 is 0 Å². The fourth-order valence-electron chi connectivity index (χ4n) is 1.77. The Kier molecular flexibility index (Phi) is 1.96. The van der Waals surface area contributed by atoms with Crippen molar-refractivity contribution in [3.05, 3.63) is 40.1 Å². The molecule has 1 aromatic carbocycles. The van der Waals surface area contributed by atoms with Gasteiger partial charge in [0.1, 0.15) is 5.52 Å². The second-order valence-corrected chi connectivity index (χ2v) is 3.58. The van der Waals surface area contributed by atoms with Gasteiger partial charge in [-0.3, -0.25) is 4.79 Å². The van der Waals surface area contributed by atoms with Crippen molar-refractivity contribution in [2.75, 3.05) is 0 Å². The number of fused-ring (bicyclic) bond motifs is 3. The van der Waals surface area contributed by atoms with E-state index in [-0.39, 0.29) is 16.6 Å². The van der Waals surface area contributed by atoms with Crippen LogP contribution in [0.25, 0.3) is 16.6 Å². The van der Waals surface area contributed by atoms with Crippen LogP contribution < -0.4 is 5.56 Å². The number of benzene rings is 1. The average molecular weight is 234 g/mol. The standard InChI is InChI=1S/C10H7FN4O2/c11-8-5(4-16)1-2-6-9(8)13-10(17)7-3-12-14-15(6)7/h1-3,16H,4H2,(H,13,17). The Labute approximate surface area is 93.3 Å². The highest BCUT2D eigenvalue weighted by Gasteiger charge is 2.12. The quantitative estimate of drug-likeness (QED) is 0.630. The van der Waals surface area contributed by atoms with Crippen LogP contribution in [0, 0.1) is 5.82 Å². The Balaban J connectivity index is 2.58. The zero-order valence-electron chi connectivity index (χ0n) is 8.51. The number of nitrogens with one attached hydrogen (secondary N) is 1. The van der Waals surface area contributed by atoms with Gasteiger partial charge in [-0.05, 0) is 6.07 Å². The van der Waals surface area contributed by atoms with Crippen LogP contribution in [-0.4, -0.2) is 24.9 Å². The summed E-state index contributed by atoms with van der Waals surface area (Å²) in [6, 6.07) is 3.01. The minimum absolute atomic E-state index is 0.0135. The molecule has 0 saturated heterocycles. The van der Waals surface area contributed by atoms with Crippen LogP contribution in [0.5, 0.6) is 0 Å². The maximum atomic E-state index is 13.9. The minimum Gasteiger partial charge on any atom is -0.392 e. The van der Waals surface area contributed by atoms with Crippen molar-refractivity contribution in [1.29, 1.82) is 0 Å². The molecule has 3 aromatic rings. The number of halogens is 1. The van der Waals surface area contributed by atoms with Gasteiger partial charge in [-0.2, -0.15) is 0 Å². The molecule has 86 valence electrons. The molecular weight excluding hydrogens is 227 g/mol. The predicted molar refractivity (Wildman–Crippen MR) is 57.0 cm³/mol. The number of aliphatic hydroxyl groups excluding tert-OH is 1. The number of aromatic nitrogens is 4. The summed E-state index contributed by atoms with van der Waals surface area (Å²) in [5.41, 5.74) is 0.295. The number of H-pyrrole nitrogens is 1. The molecule has 0 saturated carbocycles. The Bertz CT molecular complexity index is 777. The van der Waals surface area contributed by atoms with Gasteiger partial charge in [0.05, 0.1) is 18.3 Å². The summed E-state index contributed by atoms with van der Waals surface area (Å²) in [5.74, 6) is -0.653. The highest BCUT2D eigenvalue weighted by atomic mass is 19.1. The van der Waals surface area contributed by atoms with Gasteiger partial charge in [0.2, 0.25) is 0 Å². The third-order valence-corrected chi connectivity index (χ3v) is 2.62. The Morgan fingerprint density at radius 1 is 1.41 bits per heavy atom.